The summed E-state index contributed by atoms with van der Waals surface area (Å²) in [4.78, 5) is 11.9. The summed E-state index contributed by atoms with van der Waals surface area (Å²) in [7, 11) is 0. The summed E-state index contributed by atoms with van der Waals surface area (Å²) in [6.45, 7) is 0. The van der Waals surface area contributed by atoms with Crippen molar-refractivity contribution in [3.63, 3.8) is 0 Å². The molecule has 3 rings (SSSR count). The van der Waals surface area contributed by atoms with Gasteiger partial charge in [-0.25, -0.2) is 0 Å². The lowest BCUT2D eigenvalue weighted by Gasteiger charge is -2.32. The number of hydrogen-bond donors (Lipinski definition) is 0. The molecule has 0 aromatic rings. The van der Waals surface area contributed by atoms with E-state index in [1.165, 1.54) is 0 Å². The molecule has 3 aliphatic rings. The van der Waals surface area contributed by atoms with Crippen LogP contribution in [0.5, 0.6) is 0 Å². The van der Waals surface area contributed by atoms with Crippen LogP contribution in [0.4, 0.5) is 0 Å². The average Bonchev–Trinajstić information content (AvgIpc) is 2.79. The van der Waals surface area contributed by atoms with Gasteiger partial charge in [0.15, 0.2) is 0 Å². The molecule has 15 heavy (non-hydrogen) atoms. The van der Waals surface area contributed by atoms with E-state index < -0.39 is 0 Å². The van der Waals surface area contributed by atoms with Gasteiger partial charge in [0.2, 0.25) is 0 Å². The lowest BCUT2D eigenvalue weighted by molar-refractivity contribution is 0.242. The number of rotatable bonds is 1. The summed E-state index contributed by atoms with van der Waals surface area (Å²) in [5, 5.41) is 3.23. The molecule has 8 atom stereocenters. The minimum absolute atomic E-state index is 0.0217. The Bertz CT molecular complexity index is 301. The molecule has 3 saturated carbocycles. The molecule has 0 unspecified atom stereocenters. The number of nitrogens with zero attached hydrogens (tertiary/aromatic N) is 1. The summed E-state index contributed by atoms with van der Waals surface area (Å²) in [6, 6.07) is -0.129. The predicted molar refractivity (Wildman–Crippen MR) is 67.8 cm³/mol. The Kier molecular flexibility index (Phi) is 2.69. The topological polar surface area (TPSA) is 29.4 Å². The van der Waals surface area contributed by atoms with Crippen LogP contribution in [0.1, 0.15) is 12.8 Å². The molecule has 3 fully saturated rings. The third-order valence-corrected chi connectivity index (χ3v) is 8.07. The second-order valence-corrected chi connectivity index (χ2v) is 7.78. The first-order valence-corrected chi connectivity index (χ1v) is 7.66. The Morgan fingerprint density at radius 2 is 1.87 bits per heavy atom. The fourth-order valence-corrected chi connectivity index (χ4v) is 6.33. The van der Waals surface area contributed by atoms with E-state index in [1.54, 1.807) is 0 Å². The highest BCUT2D eigenvalue weighted by Gasteiger charge is 2.63. The van der Waals surface area contributed by atoms with Gasteiger partial charge in [-0.15, -0.1) is 11.6 Å². The summed E-state index contributed by atoms with van der Waals surface area (Å²) in [5.74, 6) is 2.25. The van der Waals surface area contributed by atoms with E-state index in [-0.39, 0.29) is 11.4 Å². The fraction of sp³-hybridized carbons (Fsp3) is 1.00. The van der Waals surface area contributed by atoms with Gasteiger partial charge in [-0.05, 0) is 36.5 Å². The van der Waals surface area contributed by atoms with E-state index in [2.05, 4.69) is 37.0 Å². The van der Waals surface area contributed by atoms with Gasteiger partial charge in [-0.2, -0.15) is 4.91 Å². The number of alkyl halides is 3. The highest BCUT2D eigenvalue weighted by molar-refractivity contribution is 9.12. The zero-order valence-electron chi connectivity index (χ0n) is 8.02. The van der Waals surface area contributed by atoms with Crippen molar-refractivity contribution in [1.82, 2.24) is 0 Å². The molecular formula is C10H12Br2ClNO. The van der Waals surface area contributed by atoms with Crippen molar-refractivity contribution in [2.24, 2.45) is 28.8 Å². The minimum Gasteiger partial charge on any atom is -0.150 e. The molecule has 0 saturated heterocycles. The van der Waals surface area contributed by atoms with Crippen LogP contribution in [-0.2, 0) is 0 Å². The zero-order chi connectivity index (χ0) is 10.7. The van der Waals surface area contributed by atoms with Crippen LogP contribution < -0.4 is 0 Å². The van der Waals surface area contributed by atoms with Gasteiger partial charge < -0.3 is 0 Å². The van der Waals surface area contributed by atoms with Crippen LogP contribution >= 0.6 is 43.5 Å². The molecule has 0 amide bonds. The smallest absolute Gasteiger partial charge is 0.112 e. The molecule has 0 radical (unpaired) electrons. The van der Waals surface area contributed by atoms with Gasteiger partial charge >= 0.3 is 0 Å². The Labute approximate surface area is 111 Å². The highest BCUT2D eigenvalue weighted by Crippen LogP contribution is 2.63. The van der Waals surface area contributed by atoms with Gasteiger partial charge in [0.25, 0.3) is 0 Å². The fourth-order valence-electron chi connectivity index (χ4n) is 4.05. The van der Waals surface area contributed by atoms with Crippen LogP contribution in [0, 0.1) is 28.6 Å². The summed E-state index contributed by atoms with van der Waals surface area (Å²) < 4.78 is 0. The van der Waals surface area contributed by atoms with Crippen LogP contribution in [0.15, 0.2) is 5.18 Å². The Morgan fingerprint density at radius 3 is 2.53 bits per heavy atom. The second-order valence-electron chi connectivity index (χ2n) is 5.04. The van der Waals surface area contributed by atoms with E-state index in [0.717, 1.165) is 12.8 Å². The molecule has 84 valence electrons. The Hall–Kier alpha value is 0.850. The lowest BCUT2D eigenvalue weighted by atomic mass is 9.79. The Morgan fingerprint density at radius 1 is 1.13 bits per heavy atom. The van der Waals surface area contributed by atoms with Crippen molar-refractivity contribution in [2.45, 2.75) is 33.9 Å². The molecule has 0 aliphatic heterocycles. The zero-order valence-corrected chi connectivity index (χ0v) is 12.0. The molecule has 0 aromatic carbocycles. The molecule has 3 aliphatic carbocycles. The first-order valence-electron chi connectivity index (χ1n) is 5.40. The van der Waals surface area contributed by atoms with Crippen molar-refractivity contribution >= 4 is 43.5 Å². The molecule has 2 nitrogen and oxygen atoms in total. The van der Waals surface area contributed by atoms with E-state index in [0.29, 0.717) is 33.3 Å². The standard InChI is InChI=1S/C10H12Br2ClNO/c11-6-2-3-4-1-5(7(3)8(6)12)9(13)10(4)14-15/h3-10H,1-2H2/t3-,4+,5+,6-,7-,8-,9-,10+/m0/s1. The third-order valence-electron chi connectivity index (χ3n) is 4.59. The van der Waals surface area contributed by atoms with Gasteiger partial charge in [-0.1, -0.05) is 37.0 Å². The van der Waals surface area contributed by atoms with Gasteiger partial charge in [0, 0.05) is 9.65 Å². The predicted octanol–water partition coefficient (Wildman–Crippen LogP) is 3.54. The average molecular weight is 357 g/mol. The van der Waals surface area contributed by atoms with Crippen molar-refractivity contribution in [1.29, 1.82) is 0 Å². The van der Waals surface area contributed by atoms with Gasteiger partial charge in [-0.3, -0.25) is 0 Å². The number of fused-ring (bicyclic) bond motifs is 5. The van der Waals surface area contributed by atoms with Gasteiger partial charge in [0.05, 0.1) is 5.38 Å². The summed E-state index contributed by atoms with van der Waals surface area (Å²) in [6.07, 6.45) is 2.28. The van der Waals surface area contributed by atoms with Crippen LogP contribution in [-0.4, -0.2) is 21.1 Å². The van der Waals surface area contributed by atoms with Crippen LogP contribution in [0.25, 0.3) is 0 Å². The van der Waals surface area contributed by atoms with E-state index in [4.69, 9.17) is 11.6 Å². The number of hydrogen-bond acceptors (Lipinski definition) is 2. The molecule has 2 bridgehead atoms. The first-order chi connectivity index (χ1) is 7.15. The van der Waals surface area contributed by atoms with Crippen molar-refractivity contribution in [3.8, 4) is 0 Å². The molecule has 0 spiro atoms. The Balaban J connectivity index is 1.91. The van der Waals surface area contributed by atoms with E-state index in [9.17, 15) is 4.91 Å². The lowest BCUT2D eigenvalue weighted by Crippen LogP contribution is -2.38. The maximum absolute atomic E-state index is 10.8. The third kappa shape index (κ3) is 1.34. The van der Waals surface area contributed by atoms with E-state index in [1.807, 2.05) is 0 Å². The van der Waals surface area contributed by atoms with Gasteiger partial charge in [0.1, 0.15) is 6.04 Å². The first kappa shape index (κ1) is 11.0. The van der Waals surface area contributed by atoms with Crippen LogP contribution in [0.3, 0.4) is 0 Å². The van der Waals surface area contributed by atoms with E-state index >= 15 is 0 Å². The molecule has 5 heteroatoms. The number of halogens is 3. The normalized spacial score (nSPS) is 62.1. The SMILES string of the molecule is O=N[C@H]1[C@@H](Cl)[C@@H]2C[C@@H]1[C@@H]1C[C@H](Br)[C@H](Br)[C@H]21. The van der Waals surface area contributed by atoms with Crippen molar-refractivity contribution in [2.75, 3.05) is 0 Å². The maximum atomic E-state index is 10.8. The molecular weight excluding hydrogens is 345 g/mol. The van der Waals surface area contributed by atoms with Crippen molar-refractivity contribution in [3.05, 3.63) is 4.91 Å². The minimum atomic E-state index is -0.129. The van der Waals surface area contributed by atoms with Crippen LogP contribution in [0.2, 0.25) is 0 Å². The molecule has 0 N–H and O–H groups in total. The molecule has 0 aromatic heterocycles. The molecule has 0 heterocycles. The monoisotopic (exact) mass is 355 g/mol. The maximum Gasteiger partial charge on any atom is 0.112 e. The summed E-state index contributed by atoms with van der Waals surface area (Å²) in [5.41, 5.74) is 0. The summed E-state index contributed by atoms with van der Waals surface area (Å²) >= 11 is 13.8. The highest BCUT2D eigenvalue weighted by atomic mass is 79.9. The second kappa shape index (κ2) is 3.67. The largest absolute Gasteiger partial charge is 0.150 e. The quantitative estimate of drug-likeness (QED) is 0.521. The number of nitroso groups, excluding NO2 is 1. The van der Waals surface area contributed by atoms with Crippen molar-refractivity contribution < 1.29 is 0 Å².